The maximum absolute atomic E-state index is 11.7. The molecule has 0 unspecified atom stereocenters. The van der Waals surface area contributed by atoms with Gasteiger partial charge >= 0.3 is 6.03 Å². The van der Waals surface area contributed by atoms with Crippen molar-refractivity contribution in [2.75, 3.05) is 19.6 Å². The van der Waals surface area contributed by atoms with Gasteiger partial charge in [0.15, 0.2) is 0 Å². The van der Waals surface area contributed by atoms with Gasteiger partial charge in [-0.1, -0.05) is 0 Å². The smallest absolute Gasteiger partial charge is 0.320 e. The van der Waals surface area contributed by atoms with Gasteiger partial charge < -0.3 is 9.80 Å². The first-order valence-electron chi connectivity index (χ1n) is 4.82. The predicted molar refractivity (Wildman–Crippen MR) is 50.1 cm³/mol. The van der Waals surface area contributed by atoms with Gasteiger partial charge in [0.05, 0.1) is 0 Å². The number of carbonyl (C=O) groups excluding carboxylic acids is 1. The largest absolute Gasteiger partial charge is 0.322 e. The summed E-state index contributed by atoms with van der Waals surface area (Å²) >= 11 is 0. The number of terminal acetylenes is 1. The lowest BCUT2D eigenvalue weighted by molar-refractivity contribution is 0.191. The highest BCUT2D eigenvalue weighted by molar-refractivity contribution is 5.77. The molecule has 0 atom stereocenters. The zero-order valence-electron chi connectivity index (χ0n) is 7.70. The van der Waals surface area contributed by atoms with Crippen molar-refractivity contribution in [3.05, 3.63) is 0 Å². The summed E-state index contributed by atoms with van der Waals surface area (Å²) in [6, 6.07) is 0.737. The molecule has 0 aromatic carbocycles. The minimum Gasteiger partial charge on any atom is -0.322 e. The van der Waals surface area contributed by atoms with Gasteiger partial charge in [0, 0.05) is 32.1 Å². The van der Waals surface area contributed by atoms with Gasteiger partial charge in [-0.15, -0.1) is 12.3 Å². The summed E-state index contributed by atoms with van der Waals surface area (Å²) < 4.78 is 0. The Bertz CT molecular complexity index is 252. The van der Waals surface area contributed by atoms with Crippen molar-refractivity contribution in [2.45, 2.75) is 25.3 Å². The number of amides is 2. The maximum atomic E-state index is 11.7. The van der Waals surface area contributed by atoms with Crippen molar-refractivity contribution < 1.29 is 4.79 Å². The van der Waals surface area contributed by atoms with Gasteiger partial charge in [0.2, 0.25) is 0 Å². The summed E-state index contributed by atoms with van der Waals surface area (Å²) in [5.41, 5.74) is 0. The third kappa shape index (κ3) is 1.62. The first kappa shape index (κ1) is 8.43. The average molecular weight is 178 g/mol. The fourth-order valence-corrected chi connectivity index (χ4v) is 1.73. The quantitative estimate of drug-likeness (QED) is 0.589. The van der Waals surface area contributed by atoms with E-state index in [0.717, 1.165) is 19.6 Å². The summed E-state index contributed by atoms with van der Waals surface area (Å²) in [4.78, 5) is 15.5. The Labute approximate surface area is 78.7 Å². The molecular weight excluding hydrogens is 164 g/mol. The Morgan fingerprint density at radius 2 is 2.23 bits per heavy atom. The second-order valence-electron chi connectivity index (χ2n) is 3.65. The highest BCUT2D eigenvalue weighted by Crippen LogP contribution is 2.29. The molecule has 3 nitrogen and oxygen atoms in total. The minimum atomic E-state index is 0.192. The van der Waals surface area contributed by atoms with Crippen molar-refractivity contribution in [1.29, 1.82) is 0 Å². The zero-order valence-corrected chi connectivity index (χ0v) is 7.70. The molecule has 2 fully saturated rings. The van der Waals surface area contributed by atoms with Crippen molar-refractivity contribution in [3.8, 4) is 12.3 Å². The van der Waals surface area contributed by atoms with Crippen LogP contribution in [0.4, 0.5) is 4.79 Å². The van der Waals surface area contributed by atoms with Crippen LogP contribution in [-0.2, 0) is 0 Å². The molecule has 70 valence electrons. The fraction of sp³-hybridized carbons (Fsp3) is 0.700. The van der Waals surface area contributed by atoms with E-state index >= 15 is 0 Å². The van der Waals surface area contributed by atoms with Crippen LogP contribution in [0.15, 0.2) is 0 Å². The molecule has 13 heavy (non-hydrogen) atoms. The Kier molecular flexibility index (Phi) is 2.13. The molecule has 0 aromatic heterocycles. The number of urea groups is 1. The summed E-state index contributed by atoms with van der Waals surface area (Å²) in [5, 5.41) is 0. The number of hydrogen-bond donors (Lipinski definition) is 0. The van der Waals surface area contributed by atoms with Gasteiger partial charge in [-0.2, -0.15) is 0 Å². The number of carbonyl (C=O) groups is 1. The average Bonchev–Trinajstić information content (AvgIpc) is 2.89. The topological polar surface area (TPSA) is 23.6 Å². The van der Waals surface area contributed by atoms with Crippen LogP contribution >= 0.6 is 0 Å². The van der Waals surface area contributed by atoms with E-state index < -0.39 is 0 Å². The van der Waals surface area contributed by atoms with E-state index in [1.54, 1.807) is 0 Å². The SMILES string of the molecule is C#CCCN1CCN(C2CC2)C1=O. The second kappa shape index (κ2) is 3.29. The Hall–Kier alpha value is -1.17. The van der Waals surface area contributed by atoms with Crippen molar-refractivity contribution in [1.82, 2.24) is 9.80 Å². The summed E-state index contributed by atoms with van der Waals surface area (Å²) in [7, 11) is 0. The van der Waals surface area contributed by atoms with Crippen LogP contribution in [0.1, 0.15) is 19.3 Å². The zero-order chi connectivity index (χ0) is 9.26. The number of hydrogen-bond acceptors (Lipinski definition) is 1. The first-order valence-corrected chi connectivity index (χ1v) is 4.82. The van der Waals surface area contributed by atoms with Crippen molar-refractivity contribution in [3.63, 3.8) is 0 Å². The molecule has 3 heteroatoms. The van der Waals surface area contributed by atoms with E-state index in [1.807, 2.05) is 9.80 Å². The normalized spacial score (nSPS) is 22.2. The van der Waals surface area contributed by atoms with Gasteiger partial charge in [0.25, 0.3) is 0 Å². The third-order valence-corrected chi connectivity index (χ3v) is 2.64. The van der Waals surface area contributed by atoms with E-state index in [1.165, 1.54) is 12.8 Å². The highest BCUT2D eigenvalue weighted by Gasteiger charge is 2.38. The van der Waals surface area contributed by atoms with Crippen LogP contribution in [-0.4, -0.2) is 41.5 Å². The van der Waals surface area contributed by atoms with Crippen LogP contribution in [0.2, 0.25) is 0 Å². The fourth-order valence-electron chi connectivity index (χ4n) is 1.73. The highest BCUT2D eigenvalue weighted by atomic mass is 16.2. The van der Waals surface area contributed by atoms with Crippen LogP contribution < -0.4 is 0 Å². The Balaban J connectivity index is 1.87. The summed E-state index contributed by atoms with van der Waals surface area (Å²) in [6.07, 6.45) is 8.21. The van der Waals surface area contributed by atoms with E-state index in [0.29, 0.717) is 12.5 Å². The molecule has 1 saturated carbocycles. The van der Waals surface area contributed by atoms with E-state index in [9.17, 15) is 4.79 Å². The molecule has 1 saturated heterocycles. The molecule has 1 heterocycles. The molecular formula is C10H14N2O. The molecule has 1 aliphatic heterocycles. The van der Waals surface area contributed by atoms with Gasteiger partial charge in [-0.25, -0.2) is 4.79 Å². The summed E-state index contributed by atoms with van der Waals surface area (Å²) in [5.74, 6) is 2.56. The van der Waals surface area contributed by atoms with Crippen LogP contribution in [0.25, 0.3) is 0 Å². The molecule has 0 radical (unpaired) electrons. The van der Waals surface area contributed by atoms with Crippen molar-refractivity contribution in [2.24, 2.45) is 0 Å². The van der Waals surface area contributed by atoms with Gasteiger partial charge in [-0.3, -0.25) is 0 Å². The lowest BCUT2D eigenvalue weighted by Gasteiger charge is -2.16. The molecule has 2 aliphatic rings. The maximum Gasteiger partial charge on any atom is 0.320 e. The standard InChI is InChI=1S/C10H14N2O/c1-2-3-6-11-7-8-12(10(11)13)9-4-5-9/h1,9H,3-8H2. The van der Waals surface area contributed by atoms with Gasteiger partial charge in [0.1, 0.15) is 0 Å². The van der Waals surface area contributed by atoms with Crippen LogP contribution in [0, 0.1) is 12.3 Å². The molecule has 0 bridgehead atoms. The molecule has 2 amide bonds. The van der Waals surface area contributed by atoms with E-state index in [2.05, 4.69) is 5.92 Å². The predicted octanol–water partition coefficient (Wildman–Crippen LogP) is 0.910. The molecule has 0 N–H and O–H groups in total. The second-order valence-corrected chi connectivity index (χ2v) is 3.65. The molecule has 2 rings (SSSR count). The van der Waals surface area contributed by atoms with Crippen molar-refractivity contribution >= 4 is 6.03 Å². The van der Waals surface area contributed by atoms with E-state index in [4.69, 9.17) is 6.42 Å². The molecule has 0 spiro atoms. The Morgan fingerprint density at radius 3 is 2.85 bits per heavy atom. The first-order chi connectivity index (χ1) is 6.33. The monoisotopic (exact) mass is 178 g/mol. The lowest BCUT2D eigenvalue weighted by Crippen LogP contribution is -2.33. The lowest BCUT2D eigenvalue weighted by atomic mass is 10.4. The minimum absolute atomic E-state index is 0.192. The summed E-state index contributed by atoms with van der Waals surface area (Å²) in [6.45, 7) is 2.48. The molecule has 1 aliphatic carbocycles. The van der Waals surface area contributed by atoms with Gasteiger partial charge in [-0.05, 0) is 12.8 Å². The van der Waals surface area contributed by atoms with E-state index in [-0.39, 0.29) is 6.03 Å². The Morgan fingerprint density at radius 1 is 1.46 bits per heavy atom. The van der Waals surface area contributed by atoms with Crippen LogP contribution in [0.3, 0.4) is 0 Å². The number of nitrogens with zero attached hydrogens (tertiary/aromatic N) is 2. The number of rotatable bonds is 3. The molecule has 0 aromatic rings. The third-order valence-electron chi connectivity index (χ3n) is 2.64. The van der Waals surface area contributed by atoms with Crippen LogP contribution in [0.5, 0.6) is 0 Å².